The summed E-state index contributed by atoms with van der Waals surface area (Å²) in [6.07, 6.45) is 0. The summed E-state index contributed by atoms with van der Waals surface area (Å²) in [5.41, 5.74) is 0. The van der Waals surface area contributed by atoms with Crippen LogP contribution in [0.25, 0.3) is 0 Å². The van der Waals surface area contributed by atoms with Gasteiger partial charge in [-0.3, -0.25) is 0 Å². The Balaban J connectivity index is 1.67. The van der Waals surface area contributed by atoms with E-state index in [0.29, 0.717) is 12.5 Å². The van der Waals surface area contributed by atoms with Crippen LogP contribution in [0.5, 0.6) is 5.75 Å². The number of aromatic nitrogens is 2. The second kappa shape index (κ2) is 8.11. The third kappa shape index (κ3) is 5.38. The normalized spacial score (nSPS) is 10.8. The Morgan fingerprint density at radius 3 is 2.80 bits per heavy atom. The molecule has 2 aromatic rings. The molecule has 0 bridgehead atoms. The minimum atomic E-state index is 0.606. The first-order valence-corrected chi connectivity index (χ1v) is 8.42. The standard InChI is InChI=1S/C14H19N3OS2/c1-11(2)10-15-13-16-17-14(20-13)19-9-8-18-12-6-4-3-5-7-12/h3-7,11H,8-10H2,1-2H3,(H,15,16). The Bertz CT molecular complexity index is 502. The van der Waals surface area contributed by atoms with E-state index < -0.39 is 0 Å². The van der Waals surface area contributed by atoms with E-state index in [-0.39, 0.29) is 0 Å². The van der Waals surface area contributed by atoms with Crippen molar-refractivity contribution in [1.29, 1.82) is 0 Å². The highest BCUT2D eigenvalue weighted by Crippen LogP contribution is 2.25. The van der Waals surface area contributed by atoms with Gasteiger partial charge >= 0.3 is 0 Å². The van der Waals surface area contributed by atoms with E-state index in [2.05, 4.69) is 29.4 Å². The predicted molar refractivity (Wildman–Crippen MR) is 85.9 cm³/mol. The minimum absolute atomic E-state index is 0.606. The van der Waals surface area contributed by atoms with Crippen LogP contribution in [0.15, 0.2) is 34.7 Å². The highest BCUT2D eigenvalue weighted by Gasteiger charge is 2.05. The van der Waals surface area contributed by atoms with Gasteiger partial charge in [-0.15, -0.1) is 10.2 Å². The molecule has 108 valence electrons. The molecule has 0 saturated heterocycles. The molecule has 0 amide bonds. The molecular weight excluding hydrogens is 290 g/mol. The maximum Gasteiger partial charge on any atom is 0.206 e. The zero-order chi connectivity index (χ0) is 14.2. The van der Waals surface area contributed by atoms with Crippen molar-refractivity contribution in [3.63, 3.8) is 0 Å². The lowest BCUT2D eigenvalue weighted by atomic mass is 10.2. The molecule has 1 heterocycles. The van der Waals surface area contributed by atoms with Crippen molar-refractivity contribution in [3.05, 3.63) is 30.3 Å². The van der Waals surface area contributed by atoms with Crippen LogP contribution in [0.4, 0.5) is 5.13 Å². The van der Waals surface area contributed by atoms with E-state index in [1.165, 1.54) is 0 Å². The lowest BCUT2D eigenvalue weighted by Gasteiger charge is -2.04. The third-order valence-electron chi connectivity index (χ3n) is 2.39. The molecule has 2 rings (SSSR count). The molecule has 1 N–H and O–H groups in total. The minimum Gasteiger partial charge on any atom is -0.493 e. The number of hydrogen-bond acceptors (Lipinski definition) is 6. The number of benzene rings is 1. The first-order chi connectivity index (χ1) is 9.74. The first kappa shape index (κ1) is 15.1. The van der Waals surface area contributed by atoms with E-state index in [9.17, 15) is 0 Å². The molecule has 6 heteroatoms. The Morgan fingerprint density at radius 2 is 2.05 bits per heavy atom. The number of para-hydroxylation sites is 1. The third-order valence-corrected chi connectivity index (χ3v) is 4.37. The molecule has 0 aliphatic carbocycles. The largest absolute Gasteiger partial charge is 0.493 e. The van der Waals surface area contributed by atoms with Crippen molar-refractivity contribution >= 4 is 28.2 Å². The topological polar surface area (TPSA) is 47.0 Å². The Labute approximate surface area is 128 Å². The number of anilines is 1. The molecule has 0 saturated carbocycles. The number of nitrogens with zero attached hydrogens (tertiary/aromatic N) is 2. The van der Waals surface area contributed by atoms with E-state index >= 15 is 0 Å². The summed E-state index contributed by atoms with van der Waals surface area (Å²) in [5, 5.41) is 12.4. The van der Waals surface area contributed by atoms with Crippen LogP contribution in [-0.4, -0.2) is 29.1 Å². The second-order valence-corrected chi connectivity index (χ2v) is 6.98. The van der Waals surface area contributed by atoms with Crippen LogP contribution >= 0.6 is 23.1 Å². The average Bonchev–Trinajstić information content (AvgIpc) is 2.90. The molecule has 4 nitrogen and oxygen atoms in total. The van der Waals surface area contributed by atoms with E-state index in [0.717, 1.165) is 27.5 Å². The summed E-state index contributed by atoms with van der Waals surface area (Å²) in [6.45, 7) is 5.94. The Morgan fingerprint density at radius 1 is 1.25 bits per heavy atom. The molecular formula is C14H19N3OS2. The van der Waals surface area contributed by atoms with Gasteiger partial charge in [0.05, 0.1) is 6.61 Å². The molecule has 0 radical (unpaired) electrons. The maximum absolute atomic E-state index is 5.63. The maximum atomic E-state index is 5.63. The number of ether oxygens (including phenoxy) is 1. The summed E-state index contributed by atoms with van der Waals surface area (Å²) in [7, 11) is 0. The monoisotopic (exact) mass is 309 g/mol. The van der Waals surface area contributed by atoms with Gasteiger partial charge in [0.2, 0.25) is 5.13 Å². The summed E-state index contributed by atoms with van der Waals surface area (Å²) >= 11 is 3.27. The number of rotatable bonds is 8. The molecule has 0 unspecified atom stereocenters. The van der Waals surface area contributed by atoms with Crippen LogP contribution in [0.1, 0.15) is 13.8 Å². The van der Waals surface area contributed by atoms with Gasteiger partial charge in [0.15, 0.2) is 4.34 Å². The summed E-state index contributed by atoms with van der Waals surface area (Å²) in [4.78, 5) is 0. The van der Waals surface area contributed by atoms with Crippen molar-refractivity contribution in [2.45, 2.75) is 18.2 Å². The van der Waals surface area contributed by atoms with Crippen LogP contribution in [0.2, 0.25) is 0 Å². The van der Waals surface area contributed by atoms with Gasteiger partial charge in [-0.25, -0.2) is 0 Å². The molecule has 1 aromatic carbocycles. The summed E-state index contributed by atoms with van der Waals surface area (Å²) in [6, 6.07) is 9.85. The predicted octanol–water partition coefficient (Wildman–Crippen LogP) is 3.78. The average molecular weight is 309 g/mol. The van der Waals surface area contributed by atoms with E-state index in [1.54, 1.807) is 23.1 Å². The lowest BCUT2D eigenvalue weighted by Crippen LogP contribution is -2.07. The zero-order valence-electron chi connectivity index (χ0n) is 11.7. The van der Waals surface area contributed by atoms with Gasteiger partial charge in [-0.05, 0) is 18.1 Å². The summed E-state index contributed by atoms with van der Waals surface area (Å²) < 4.78 is 6.61. The molecule has 0 fully saturated rings. The fourth-order valence-corrected chi connectivity index (χ4v) is 3.08. The van der Waals surface area contributed by atoms with E-state index in [4.69, 9.17) is 4.74 Å². The second-order valence-electron chi connectivity index (χ2n) is 4.66. The van der Waals surface area contributed by atoms with Crippen molar-refractivity contribution < 1.29 is 4.74 Å². The Hall–Kier alpha value is -1.27. The smallest absolute Gasteiger partial charge is 0.206 e. The van der Waals surface area contributed by atoms with Crippen molar-refractivity contribution in [2.24, 2.45) is 5.92 Å². The van der Waals surface area contributed by atoms with Gasteiger partial charge in [0.1, 0.15) is 5.75 Å². The molecule has 0 aliphatic rings. The zero-order valence-corrected chi connectivity index (χ0v) is 13.3. The first-order valence-electron chi connectivity index (χ1n) is 6.62. The number of nitrogens with one attached hydrogen (secondary N) is 1. The fourth-order valence-electron chi connectivity index (χ4n) is 1.44. The SMILES string of the molecule is CC(C)CNc1nnc(SCCOc2ccccc2)s1. The molecule has 20 heavy (non-hydrogen) atoms. The van der Waals surface area contributed by atoms with Crippen molar-refractivity contribution in [2.75, 3.05) is 24.2 Å². The quantitative estimate of drug-likeness (QED) is 0.594. The molecule has 1 aromatic heterocycles. The van der Waals surface area contributed by atoms with Gasteiger partial charge in [0.25, 0.3) is 0 Å². The van der Waals surface area contributed by atoms with Crippen LogP contribution < -0.4 is 10.1 Å². The van der Waals surface area contributed by atoms with Crippen LogP contribution in [0.3, 0.4) is 0 Å². The lowest BCUT2D eigenvalue weighted by molar-refractivity contribution is 0.344. The fraction of sp³-hybridized carbons (Fsp3) is 0.429. The van der Waals surface area contributed by atoms with Gasteiger partial charge in [-0.1, -0.05) is 55.1 Å². The molecule has 0 aliphatic heterocycles. The molecule has 0 spiro atoms. The van der Waals surface area contributed by atoms with Gasteiger partial charge < -0.3 is 10.1 Å². The highest BCUT2D eigenvalue weighted by atomic mass is 32.2. The highest BCUT2D eigenvalue weighted by molar-refractivity contribution is 8.01. The number of hydrogen-bond donors (Lipinski definition) is 1. The van der Waals surface area contributed by atoms with Crippen molar-refractivity contribution in [1.82, 2.24) is 10.2 Å². The van der Waals surface area contributed by atoms with Crippen LogP contribution in [-0.2, 0) is 0 Å². The Kier molecular flexibility index (Phi) is 6.14. The molecule has 0 atom stereocenters. The van der Waals surface area contributed by atoms with Crippen LogP contribution in [0, 0.1) is 5.92 Å². The van der Waals surface area contributed by atoms with Crippen molar-refractivity contribution in [3.8, 4) is 5.75 Å². The van der Waals surface area contributed by atoms with E-state index in [1.807, 2.05) is 30.3 Å². The summed E-state index contributed by atoms with van der Waals surface area (Å²) in [5.74, 6) is 2.38. The van der Waals surface area contributed by atoms with Gasteiger partial charge in [0, 0.05) is 12.3 Å². The van der Waals surface area contributed by atoms with Gasteiger partial charge in [-0.2, -0.15) is 0 Å². The number of thioether (sulfide) groups is 1.